The number of hydrogen-bond donors (Lipinski definition) is 1. The number of nitrogens with zero attached hydrogens (tertiary/aromatic N) is 3. The van der Waals surface area contributed by atoms with Gasteiger partial charge in [-0.1, -0.05) is 37.3 Å². The summed E-state index contributed by atoms with van der Waals surface area (Å²) >= 11 is 1.50. The Morgan fingerprint density at radius 1 is 1.14 bits per heavy atom. The zero-order valence-electron chi connectivity index (χ0n) is 16.1. The van der Waals surface area contributed by atoms with E-state index in [2.05, 4.69) is 10.3 Å². The van der Waals surface area contributed by atoms with Crippen LogP contribution in [0.5, 0.6) is 0 Å². The maximum absolute atomic E-state index is 12.7. The Bertz CT molecular complexity index is 1140. The largest absolute Gasteiger partial charge is 0.332 e. The number of carbonyl (C=O) groups is 1. The molecule has 0 aliphatic heterocycles. The van der Waals surface area contributed by atoms with Crippen LogP contribution in [0.3, 0.4) is 0 Å². The number of rotatable bonds is 6. The van der Waals surface area contributed by atoms with Crippen molar-refractivity contribution in [2.75, 3.05) is 11.1 Å². The highest BCUT2D eigenvalue weighted by Gasteiger charge is 2.18. The first-order chi connectivity index (χ1) is 13.4. The topological polar surface area (TPSA) is 86.0 Å². The second-order valence-corrected chi connectivity index (χ2v) is 7.43. The molecule has 0 aliphatic rings. The summed E-state index contributed by atoms with van der Waals surface area (Å²) in [5, 5.41) is 3.13. The molecule has 0 spiro atoms. The van der Waals surface area contributed by atoms with E-state index in [9.17, 15) is 14.4 Å². The van der Waals surface area contributed by atoms with Crippen molar-refractivity contribution in [1.82, 2.24) is 14.1 Å². The van der Waals surface area contributed by atoms with Gasteiger partial charge in [-0.2, -0.15) is 0 Å². The second-order valence-electron chi connectivity index (χ2n) is 6.44. The molecule has 0 bridgehead atoms. The summed E-state index contributed by atoms with van der Waals surface area (Å²) in [6, 6.07) is 9.91. The molecule has 1 N–H and O–H groups in total. The lowest BCUT2D eigenvalue weighted by Gasteiger charge is -2.14. The summed E-state index contributed by atoms with van der Waals surface area (Å²) in [4.78, 5) is 41.7. The van der Waals surface area contributed by atoms with Crippen molar-refractivity contribution in [2.24, 2.45) is 14.1 Å². The highest BCUT2D eigenvalue weighted by Crippen LogP contribution is 2.23. The Morgan fingerprint density at radius 3 is 2.54 bits per heavy atom. The van der Waals surface area contributed by atoms with Crippen molar-refractivity contribution >= 4 is 34.4 Å². The van der Waals surface area contributed by atoms with Crippen LogP contribution in [0, 0.1) is 0 Å². The van der Waals surface area contributed by atoms with Gasteiger partial charge in [0.25, 0.3) is 5.56 Å². The predicted octanol–water partition coefficient (Wildman–Crippen LogP) is 2.07. The molecule has 0 saturated carbocycles. The number of nitrogens with one attached hydrogen (secondary N) is 1. The quantitative estimate of drug-likeness (QED) is 0.687. The summed E-state index contributed by atoms with van der Waals surface area (Å²) in [7, 11) is 2.98. The number of benzene rings is 1. The normalized spacial score (nSPS) is 11.0. The molecular formula is C20H22N4O3S. The lowest BCUT2D eigenvalue weighted by Crippen LogP contribution is -2.38. The lowest BCUT2D eigenvalue weighted by molar-refractivity contribution is -0.113. The minimum absolute atomic E-state index is 0.195. The third-order valence-electron chi connectivity index (χ3n) is 4.54. The average Bonchev–Trinajstić information content (AvgIpc) is 2.71. The third kappa shape index (κ3) is 3.87. The van der Waals surface area contributed by atoms with Crippen molar-refractivity contribution in [3.8, 4) is 0 Å². The Kier molecular flexibility index (Phi) is 5.99. The van der Waals surface area contributed by atoms with Crippen LogP contribution in [0.1, 0.15) is 18.1 Å². The van der Waals surface area contributed by atoms with E-state index >= 15 is 0 Å². The molecule has 8 heteroatoms. The minimum Gasteiger partial charge on any atom is -0.324 e. The predicted molar refractivity (Wildman–Crippen MR) is 113 cm³/mol. The zero-order chi connectivity index (χ0) is 20.3. The van der Waals surface area contributed by atoms with Crippen LogP contribution in [0.15, 0.2) is 46.1 Å². The number of aromatic nitrogens is 3. The first-order valence-corrected chi connectivity index (χ1v) is 10.1. The second kappa shape index (κ2) is 8.43. The molecule has 28 heavy (non-hydrogen) atoms. The van der Waals surface area contributed by atoms with Crippen molar-refractivity contribution < 1.29 is 4.79 Å². The summed E-state index contributed by atoms with van der Waals surface area (Å²) < 4.78 is 2.35. The van der Waals surface area contributed by atoms with E-state index in [1.807, 2.05) is 37.3 Å². The van der Waals surface area contributed by atoms with Crippen molar-refractivity contribution in [3.05, 3.63) is 68.5 Å². The highest BCUT2D eigenvalue weighted by molar-refractivity contribution is 7.99. The van der Waals surface area contributed by atoms with Crippen LogP contribution in [-0.4, -0.2) is 25.8 Å². The van der Waals surface area contributed by atoms with Gasteiger partial charge >= 0.3 is 5.69 Å². The Balaban J connectivity index is 1.90. The molecule has 0 radical (unpaired) electrons. The standard InChI is InChI=1S/C20H22N4O3S/c1-4-14-10-21-18-16(19(26)24(3)20(27)23(18)2)17(14)22-15(25)12-28-11-13-8-6-5-7-9-13/h5-10H,4,11-12H2,1-3H3,(H,21,22,25). The summed E-state index contributed by atoms with van der Waals surface area (Å²) in [6.45, 7) is 1.93. The highest BCUT2D eigenvalue weighted by atomic mass is 32.2. The molecule has 1 amide bonds. The van der Waals surface area contributed by atoms with E-state index < -0.39 is 11.2 Å². The Hall–Kier alpha value is -2.87. The zero-order valence-corrected chi connectivity index (χ0v) is 16.9. The van der Waals surface area contributed by atoms with Gasteiger partial charge in [-0.15, -0.1) is 11.8 Å². The van der Waals surface area contributed by atoms with Crippen LogP contribution >= 0.6 is 11.8 Å². The number of anilines is 1. The molecule has 0 aliphatic carbocycles. The van der Waals surface area contributed by atoms with Crippen LogP contribution in [0.2, 0.25) is 0 Å². The minimum atomic E-state index is -0.465. The fourth-order valence-electron chi connectivity index (χ4n) is 2.99. The van der Waals surface area contributed by atoms with Gasteiger partial charge in [-0.05, 0) is 17.5 Å². The van der Waals surface area contributed by atoms with Crippen molar-refractivity contribution in [3.63, 3.8) is 0 Å². The molecule has 2 heterocycles. The van der Waals surface area contributed by atoms with Crippen LogP contribution in [0.4, 0.5) is 5.69 Å². The van der Waals surface area contributed by atoms with Gasteiger partial charge in [-0.3, -0.25) is 18.7 Å². The van der Waals surface area contributed by atoms with Gasteiger partial charge in [0.15, 0.2) is 5.65 Å². The number of aryl methyl sites for hydroxylation is 2. The SMILES string of the molecule is CCc1cnc2c(c1NC(=O)CSCc1ccccc1)c(=O)n(C)c(=O)n2C. The van der Waals surface area contributed by atoms with E-state index in [0.717, 1.165) is 21.4 Å². The molecule has 3 aromatic rings. The van der Waals surface area contributed by atoms with Gasteiger partial charge in [0.05, 0.1) is 11.4 Å². The van der Waals surface area contributed by atoms with E-state index in [4.69, 9.17) is 0 Å². The van der Waals surface area contributed by atoms with Crippen molar-refractivity contribution in [1.29, 1.82) is 0 Å². The molecule has 0 saturated heterocycles. The maximum atomic E-state index is 12.7. The Labute approximate surface area is 166 Å². The van der Waals surface area contributed by atoms with Gasteiger partial charge in [0, 0.05) is 26.0 Å². The molecule has 7 nitrogen and oxygen atoms in total. The molecule has 2 aromatic heterocycles. The summed E-state index contributed by atoms with van der Waals surface area (Å²) in [5.74, 6) is 0.787. The number of fused-ring (bicyclic) bond motifs is 1. The molecule has 0 unspecified atom stereocenters. The molecule has 0 atom stereocenters. The first-order valence-electron chi connectivity index (χ1n) is 8.93. The number of thioether (sulfide) groups is 1. The van der Waals surface area contributed by atoms with E-state index in [0.29, 0.717) is 12.1 Å². The molecule has 3 rings (SSSR count). The van der Waals surface area contributed by atoms with Crippen molar-refractivity contribution in [2.45, 2.75) is 19.1 Å². The van der Waals surface area contributed by atoms with Gasteiger partial charge in [-0.25, -0.2) is 9.78 Å². The fourth-order valence-corrected chi connectivity index (χ4v) is 3.78. The number of amides is 1. The first kappa shape index (κ1) is 19.9. The number of carbonyl (C=O) groups excluding carboxylic acids is 1. The van der Waals surface area contributed by atoms with Crippen LogP contribution < -0.4 is 16.6 Å². The maximum Gasteiger partial charge on any atom is 0.332 e. The van der Waals surface area contributed by atoms with Crippen LogP contribution in [-0.2, 0) is 31.1 Å². The lowest BCUT2D eigenvalue weighted by atomic mass is 10.1. The molecular weight excluding hydrogens is 376 g/mol. The molecule has 146 valence electrons. The van der Waals surface area contributed by atoms with E-state index in [1.54, 1.807) is 13.2 Å². The summed E-state index contributed by atoms with van der Waals surface area (Å²) in [5.41, 5.74) is 1.68. The van der Waals surface area contributed by atoms with Gasteiger partial charge < -0.3 is 5.32 Å². The smallest absolute Gasteiger partial charge is 0.324 e. The van der Waals surface area contributed by atoms with Gasteiger partial charge in [0.2, 0.25) is 5.91 Å². The third-order valence-corrected chi connectivity index (χ3v) is 5.54. The fraction of sp³-hybridized carbons (Fsp3) is 0.300. The average molecular weight is 398 g/mol. The van der Waals surface area contributed by atoms with E-state index in [1.165, 1.54) is 23.4 Å². The van der Waals surface area contributed by atoms with Gasteiger partial charge in [0.1, 0.15) is 5.39 Å². The Morgan fingerprint density at radius 2 is 1.86 bits per heavy atom. The molecule has 1 aromatic carbocycles. The number of hydrogen-bond acceptors (Lipinski definition) is 5. The number of pyridine rings is 1. The van der Waals surface area contributed by atoms with E-state index in [-0.39, 0.29) is 22.7 Å². The monoisotopic (exact) mass is 398 g/mol. The molecule has 0 fully saturated rings. The van der Waals surface area contributed by atoms with Crippen LogP contribution in [0.25, 0.3) is 11.0 Å². The summed E-state index contributed by atoms with van der Waals surface area (Å²) in [6.07, 6.45) is 2.20.